The highest BCUT2D eigenvalue weighted by Crippen LogP contribution is 2.19. The van der Waals surface area contributed by atoms with Crippen molar-refractivity contribution in [2.45, 2.75) is 32.8 Å². The smallest absolute Gasteiger partial charge is 0.112 e. The average Bonchev–Trinajstić information content (AvgIpc) is 2.79. The van der Waals surface area contributed by atoms with Crippen LogP contribution in [0.25, 0.3) is 5.69 Å². The first-order valence-corrected chi connectivity index (χ1v) is 6.85. The Bertz CT molecular complexity index is 525. The van der Waals surface area contributed by atoms with Crippen molar-refractivity contribution in [3.8, 4) is 5.69 Å². The second-order valence-corrected chi connectivity index (χ2v) is 5.05. The Balaban J connectivity index is 2.40. The lowest BCUT2D eigenvalue weighted by Crippen LogP contribution is -2.04. The summed E-state index contributed by atoms with van der Waals surface area (Å²) in [5.74, 6) is 0. The summed E-state index contributed by atoms with van der Waals surface area (Å²) in [6.45, 7) is 2.08. The first kappa shape index (κ1) is 13.2. The lowest BCUT2D eigenvalue weighted by Gasteiger charge is -2.07. The predicted molar refractivity (Wildman–Crippen MR) is 73.6 cm³/mol. The van der Waals surface area contributed by atoms with Crippen molar-refractivity contribution >= 4 is 15.9 Å². The van der Waals surface area contributed by atoms with Gasteiger partial charge in [0.25, 0.3) is 0 Å². The molecule has 0 saturated heterocycles. The molecule has 0 fully saturated rings. The minimum absolute atomic E-state index is 0.0624. The molecule has 2 aromatic rings. The van der Waals surface area contributed by atoms with E-state index in [1.54, 1.807) is 0 Å². The van der Waals surface area contributed by atoms with Crippen molar-refractivity contribution in [2.24, 2.45) is 0 Å². The summed E-state index contributed by atoms with van der Waals surface area (Å²) in [4.78, 5) is 0. The number of aromatic nitrogens is 3. The zero-order chi connectivity index (χ0) is 13.0. The number of unbranched alkanes of at least 4 members (excludes halogenated alkanes) is 1. The fourth-order valence-electron chi connectivity index (χ4n) is 1.87. The molecule has 5 heteroatoms. The van der Waals surface area contributed by atoms with Crippen molar-refractivity contribution in [1.29, 1.82) is 0 Å². The molecule has 1 N–H and O–H groups in total. The van der Waals surface area contributed by atoms with Crippen LogP contribution in [0.2, 0.25) is 0 Å². The van der Waals surface area contributed by atoms with E-state index in [-0.39, 0.29) is 6.61 Å². The summed E-state index contributed by atoms with van der Waals surface area (Å²) in [6.07, 6.45) is 3.05. The van der Waals surface area contributed by atoms with E-state index >= 15 is 0 Å². The minimum Gasteiger partial charge on any atom is -0.390 e. The third-order valence-corrected chi connectivity index (χ3v) is 3.31. The Morgan fingerprint density at radius 2 is 2.22 bits per heavy atom. The van der Waals surface area contributed by atoms with Gasteiger partial charge in [-0.05, 0) is 31.0 Å². The molecule has 0 saturated carbocycles. The molecule has 0 radical (unpaired) electrons. The molecule has 0 amide bonds. The van der Waals surface area contributed by atoms with Crippen LogP contribution >= 0.6 is 15.9 Å². The molecule has 1 aromatic heterocycles. The number of aliphatic hydroxyl groups excluding tert-OH is 1. The molecule has 1 aromatic carbocycles. The van der Waals surface area contributed by atoms with E-state index in [0.29, 0.717) is 5.69 Å². The lowest BCUT2D eigenvalue weighted by molar-refractivity contribution is 0.275. The Kier molecular flexibility index (Phi) is 4.49. The van der Waals surface area contributed by atoms with Crippen molar-refractivity contribution in [2.75, 3.05) is 0 Å². The third-order valence-electron chi connectivity index (χ3n) is 2.81. The Morgan fingerprint density at radius 3 is 2.89 bits per heavy atom. The number of hydrogen-bond acceptors (Lipinski definition) is 3. The van der Waals surface area contributed by atoms with E-state index in [4.69, 9.17) is 0 Å². The van der Waals surface area contributed by atoms with Crippen LogP contribution in [0.5, 0.6) is 0 Å². The fraction of sp³-hybridized carbons (Fsp3) is 0.385. The van der Waals surface area contributed by atoms with Crippen LogP contribution in [0.4, 0.5) is 0 Å². The van der Waals surface area contributed by atoms with Gasteiger partial charge in [-0.25, -0.2) is 4.68 Å². The van der Waals surface area contributed by atoms with Crippen LogP contribution in [-0.2, 0) is 13.0 Å². The second kappa shape index (κ2) is 6.11. The molecule has 0 aliphatic carbocycles. The SMILES string of the molecule is CCCCc1c(CO)nnn1-c1cccc(Br)c1. The quantitative estimate of drug-likeness (QED) is 0.924. The third kappa shape index (κ3) is 2.79. The van der Waals surface area contributed by atoms with E-state index in [9.17, 15) is 5.11 Å². The first-order chi connectivity index (χ1) is 8.76. The van der Waals surface area contributed by atoms with E-state index in [2.05, 4.69) is 33.2 Å². The van der Waals surface area contributed by atoms with Crippen LogP contribution in [0.1, 0.15) is 31.2 Å². The van der Waals surface area contributed by atoms with Gasteiger partial charge in [0.05, 0.1) is 18.0 Å². The highest BCUT2D eigenvalue weighted by atomic mass is 79.9. The lowest BCUT2D eigenvalue weighted by atomic mass is 10.1. The maximum Gasteiger partial charge on any atom is 0.112 e. The number of rotatable bonds is 5. The van der Waals surface area contributed by atoms with Crippen LogP contribution in [0, 0.1) is 0 Å². The highest BCUT2D eigenvalue weighted by Gasteiger charge is 2.13. The predicted octanol–water partition coefficient (Wildman–Crippen LogP) is 2.86. The van der Waals surface area contributed by atoms with Crippen LogP contribution in [0.15, 0.2) is 28.7 Å². The molecule has 0 atom stereocenters. The standard InChI is InChI=1S/C13H16BrN3O/c1-2-3-7-13-12(9-18)15-16-17(13)11-6-4-5-10(14)8-11/h4-6,8,18H,2-3,7,9H2,1H3. The normalized spacial score (nSPS) is 10.8. The number of aliphatic hydroxyl groups is 1. The second-order valence-electron chi connectivity index (χ2n) is 4.14. The summed E-state index contributed by atoms with van der Waals surface area (Å²) in [5, 5.41) is 17.5. The Morgan fingerprint density at radius 1 is 1.39 bits per heavy atom. The maximum atomic E-state index is 9.31. The van der Waals surface area contributed by atoms with E-state index < -0.39 is 0 Å². The van der Waals surface area contributed by atoms with E-state index in [1.807, 2.05) is 28.9 Å². The van der Waals surface area contributed by atoms with Gasteiger partial charge in [-0.15, -0.1) is 5.10 Å². The number of benzene rings is 1. The molecule has 2 rings (SSSR count). The molecule has 1 heterocycles. The topological polar surface area (TPSA) is 50.9 Å². The van der Waals surface area contributed by atoms with E-state index in [0.717, 1.165) is 35.1 Å². The first-order valence-electron chi connectivity index (χ1n) is 6.06. The van der Waals surface area contributed by atoms with Crippen molar-refractivity contribution in [1.82, 2.24) is 15.0 Å². The Labute approximate surface area is 115 Å². The molecule has 0 unspecified atom stereocenters. The largest absolute Gasteiger partial charge is 0.390 e. The highest BCUT2D eigenvalue weighted by molar-refractivity contribution is 9.10. The van der Waals surface area contributed by atoms with Gasteiger partial charge < -0.3 is 5.11 Å². The summed E-state index contributed by atoms with van der Waals surface area (Å²) in [7, 11) is 0. The molecule has 0 spiro atoms. The fourth-order valence-corrected chi connectivity index (χ4v) is 2.25. The zero-order valence-corrected chi connectivity index (χ0v) is 11.9. The maximum absolute atomic E-state index is 9.31. The zero-order valence-electron chi connectivity index (χ0n) is 10.3. The molecule has 0 bridgehead atoms. The van der Waals surface area contributed by atoms with Gasteiger partial charge in [-0.3, -0.25) is 0 Å². The summed E-state index contributed by atoms with van der Waals surface area (Å²) in [6, 6.07) is 7.91. The molecule has 0 aliphatic rings. The van der Waals surface area contributed by atoms with Crippen molar-refractivity contribution in [3.63, 3.8) is 0 Å². The van der Waals surface area contributed by atoms with Gasteiger partial charge >= 0.3 is 0 Å². The number of nitrogens with zero attached hydrogens (tertiary/aromatic N) is 3. The van der Waals surface area contributed by atoms with Gasteiger partial charge in [-0.2, -0.15) is 0 Å². The number of halogens is 1. The van der Waals surface area contributed by atoms with Gasteiger partial charge in [0.2, 0.25) is 0 Å². The minimum atomic E-state index is -0.0624. The van der Waals surface area contributed by atoms with Gasteiger partial charge in [0, 0.05) is 4.47 Å². The van der Waals surface area contributed by atoms with Crippen LogP contribution in [-0.4, -0.2) is 20.1 Å². The molecule has 0 aliphatic heterocycles. The molecular formula is C13H16BrN3O. The summed E-state index contributed by atoms with van der Waals surface area (Å²) >= 11 is 3.45. The van der Waals surface area contributed by atoms with Gasteiger partial charge in [0.15, 0.2) is 0 Å². The van der Waals surface area contributed by atoms with Crippen molar-refractivity contribution < 1.29 is 5.11 Å². The Hall–Kier alpha value is -1.20. The molecule has 18 heavy (non-hydrogen) atoms. The molecular weight excluding hydrogens is 294 g/mol. The molecule has 4 nitrogen and oxygen atoms in total. The van der Waals surface area contributed by atoms with Crippen LogP contribution < -0.4 is 0 Å². The average molecular weight is 310 g/mol. The molecule has 96 valence electrons. The van der Waals surface area contributed by atoms with E-state index in [1.165, 1.54) is 0 Å². The van der Waals surface area contributed by atoms with Gasteiger partial charge in [0.1, 0.15) is 5.69 Å². The van der Waals surface area contributed by atoms with Crippen molar-refractivity contribution in [3.05, 3.63) is 40.1 Å². The van der Waals surface area contributed by atoms with Crippen LogP contribution in [0.3, 0.4) is 0 Å². The van der Waals surface area contributed by atoms with Gasteiger partial charge in [-0.1, -0.05) is 40.6 Å². The summed E-state index contributed by atoms with van der Waals surface area (Å²) in [5.41, 5.74) is 2.63. The number of hydrogen-bond donors (Lipinski definition) is 1. The monoisotopic (exact) mass is 309 g/mol. The summed E-state index contributed by atoms with van der Waals surface area (Å²) < 4.78 is 2.81.